The molecule has 2 rings (SSSR count). The Morgan fingerprint density at radius 3 is 2.42 bits per heavy atom. The van der Waals surface area contributed by atoms with Gasteiger partial charge in [0.05, 0.1) is 11.9 Å². The largest absolute Gasteiger partial charge is 0.330 e. The molecule has 1 saturated carbocycles. The van der Waals surface area contributed by atoms with Crippen molar-refractivity contribution in [3.05, 3.63) is 29.8 Å². The van der Waals surface area contributed by atoms with Crippen molar-refractivity contribution in [1.29, 1.82) is 0 Å². The average molecular weight is 282 g/mol. The standard InChI is InChI=1S/C14H22N2O2S/c1-19(17,18)16-13-8-4-3-7-12(13)14(11-15)9-5-2-6-10-14/h3-4,7-8,16H,2,5-6,9-11,15H2,1H3. The van der Waals surface area contributed by atoms with Crippen LogP contribution < -0.4 is 10.5 Å². The minimum atomic E-state index is -3.26. The SMILES string of the molecule is CS(=O)(=O)Nc1ccccc1C1(CN)CCCCC1. The van der Waals surface area contributed by atoms with Crippen LogP contribution in [0.5, 0.6) is 0 Å². The van der Waals surface area contributed by atoms with E-state index in [-0.39, 0.29) is 5.41 Å². The summed E-state index contributed by atoms with van der Waals surface area (Å²) in [6.07, 6.45) is 6.80. The molecular weight excluding hydrogens is 260 g/mol. The van der Waals surface area contributed by atoms with Gasteiger partial charge in [0.2, 0.25) is 10.0 Å². The molecule has 1 fully saturated rings. The summed E-state index contributed by atoms with van der Waals surface area (Å²) in [7, 11) is -3.26. The number of hydrogen-bond donors (Lipinski definition) is 2. The first-order chi connectivity index (χ1) is 8.97. The van der Waals surface area contributed by atoms with Crippen molar-refractivity contribution in [2.75, 3.05) is 17.5 Å². The highest BCUT2D eigenvalue weighted by molar-refractivity contribution is 7.92. The first-order valence-corrected chi connectivity index (χ1v) is 8.63. The minimum absolute atomic E-state index is 0.0769. The second-order valence-corrected chi connectivity index (χ2v) is 7.21. The van der Waals surface area contributed by atoms with Crippen molar-refractivity contribution < 1.29 is 8.42 Å². The molecule has 1 aromatic carbocycles. The van der Waals surface area contributed by atoms with Gasteiger partial charge in [0.15, 0.2) is 0 Å². The number of anilines is 1. The van der Waals surface area contributed by atoms with E-state index >= 15 is 0 Å². The lowest BCUT2D eigenvalue weighted by molar-refractivity contribution is 0.302. The Morgan fingerprint density at radius 1 is 1.21 bits per heavy atom. The van der Waals surface area contributed by atoms with Crippen molar-refractivity contribution in [2.24, 2.45) is 5.73 Å². The van der Waals surface area contributed by atoms with Crippen molar-refractivity contribution in [3.63, 3.8) is 0 Å². The van der Waals surface area contributed by atoms with E-state index in [4.69, 9.17) is 5.73 Å². The highest BCUT2D eigenvalue weighted by Gasteiger charge is 2.34. The summed E-state index contributed by atoms with van der Waals surface area (Å²) in [4.78, 5) is 0. The molecule has 106 valence electrons. The van der Waals surface area contributed by atoms with Crippen LogP contribution in [-0.2, 0) is 15.4 Å². The monoisotopic (exact) mass is 282 g/mol. The van der Waals surface area contributed by atoms with Crippen molar-refractivity contribution in [3.8, 4) is 0 Å². The first-order valence-electron chi connectivity index (χ1n) is 6.74. The minimum Gasteiger partial charge on any atom is -0.330 e. The molecule has 0 amide bonds. The van der Waals surface area contributed by atoms with Crippen molar-refractivity contribution in [2.45, 2.75) is 37.5 Å². The lowest BCUT2D eigenvalue weighted by Crippen LogP contribution is -2.38. The fraction of sp³-hybridized carbons (Fsp3) is 0.571. The summed E-state index contributed by atoms with van der Waals surface area (Å²) in [5.41, 5.74) is 7.67. The molecule has 0 heterocycles. The number of sulfonamides is 1. The number of nitrogens with two attached hydrogens (primary N) is 1. The van der Waals surface area contributed by atoms with E-state index in [9.17, 15) is 8.42 Å². The quantitative estimate of drug-likeness (QED) is 0.889. The lowest BCUT2D eigenvalue weighted by Gasteiger charge is -2.38. The van der Waals surface area contributed by atoms with E-state index in [0.29, 0.717) is 12.2 Å². The van der Waals surface area contributed by atoms with Gasteiger partial charge in [-0.05, 0) is 24.5 Å². The van der Waals surface area contributed by atoms with Gasteiger partial charge in [-0.25, -0.2) is 8.42 Å². The van der Waals surface area contributed by atoms with Crippen molar-refractivity contribution in [1.82, 2.24) is 0 Å². The van der Waals surface area contributed by atoms with Gasteiger partial charge in [0, 0.05) is 12.0 Å². The van der Waals surface area contributed by atoms with Gasteiger partial charge < -0.3 is 5.73 Å². The highest BCUT2D eigenvalue weighted by atomic mass is 32.2. The van der Waals surface area contributed by atoms with Crippen LogP contribution in [-0.4, -0.2) is 21.2 Å². The Bertz CT molecular complexity index is 534. The molecule has 1 aromatic rings. The van der Waals surface area contributed by atoms with Gasteiger partial charge in [0.25, 0.3) is 0 Å². The average Bonchev–Trinajstić information content (AvgIpc) is 2.38. The Balaban J connectivity index is 2.42. The predicted molar refractivity (Wildman–Crippen MR) is 78.7 cm³/mol. The zero-order valence-electron chi connectivity index (χ0n) is 11.4. The van der Waals surface area contributed by atoms with Crippen LogP contribution in [0.1, 0.15) is 37.7 Å². The van der Waals surface area contributed by atoms with E-state index in [1.165, 1.54) is 12.7 Å². The molecule has 4 nitrogen and oxygen atoms in total. The maximum absolute atomic E-state index is 11.5. The zero-order valence-corrected chi connectivity index (χ0v) is 12.2. The normalized spacial score (nSPS) is 19.1. The summed E-state index contributed by atoms with van der Waals surface area (Å²) in [6.45, 7) is 0.565. The lowest BCUT2D eigenvalue weighted by atomic mass is 9.69. The highest BCUT2D eigenvalue weighted by Crippen LogP contribution is 2.41. The van der Waals surface area contributed by atoms with Gasteiger partial charge in [-0.1, -0.05) is 37.5 Å². The number of rotatable bonds is 4. The third-order valence-corrected chi connectivity index (χ3v) is 4.59. The van der Waals surface area contributed by atoms with Crippen LogP contribution in [0.15, 0.2) is 24.3 Å². The van der Waals surface area contributed by atoms with Crippen molar-refractivity contribution >= 4 is 15.7 Å². The van der Waals surface area contributed by atoms with Crippen LogP contribution in [0, 0.1) is 0 Å². The molecule has 0 atom stereocenters. The van der Waals surface area contributed by atoms with E-state index in [0.717, 1.165) is 31.2 Å². The Labute approximate surface area is 115 Å². The third-order valence-electron chi connectivity index (χ3n) is 4.00. The van der Waals surface area contributed by atoms with Crippen LogP contribution >= 0.6 is 0 Å². The smallest absolute Gasteiger partial charge is 0.229 e. The molecule has 0 aliphatic heterocycles. The van der Waals surface area contributed by atoms with E-state index in [2.05, 4.69) is 4.72 Å². The molecule has 0 bridgehead atoms. The maximum atomic E-state index is 11.5. The van der Waals surface area contributed by atoms with Gasteiger partial charge >= 0.3 is 0 Å². The molecule has 19 heavy (non-hydrogen) atoms. The van der Waals surface area contributed by atoms with E-state index in [1.807, 2.05) is 24.3 Å². The first kappa shape index (κ1) is 14.3. The van der Waals surface area contributed by atoms with Crippen LogP contribution in [0.25, 0.3) is 0 Å². The molecule has 1 aliphatic rings. The van der Waals surface area contributed by atoms with Crippen LogP contribution in [0.2, 0.25) is 0 Å². The van der Waals surface area contributed by atoms with Crippen LogP contribution in [0.4, 0.5) is 5.69 Å². The molecular formula is C14H22N2O2S. The Morgan fingerprint density at radius 2 is 1.84 bits per heavy atom. The molecule has 0 unspecified atom stereocenters. The molecule has 0 saturated heterocycles. The summed E-state index contributed by atoms with van der Waals surface area (Å²) in [5.74, 6) is 0. The number of hydrogen-bond acceptors (Lipinski definition) is 3. The zero-order chi connectivity index (χ0) is 13.9. The Hall–Kier alpha value is -1.07. The van der Waals surface area contributed by atoms with Gasteiger partial charge in [-0.3, -0.25) is 4.72 Å². The summed E-state index contributed by atoms with van der Waals surface area (Å²) in [6, 6.07) is 7.63. The molecule has 1 aliphatic carbocycles. The summed E-state index contributed by atoms with van der Waals surface area (Å²) < 4.78 is 25.6. The fourth-order valence-electron chi connectivity index (χ4n) is 3.05. The number of nitrogens with one attached hydrogen (secondary N) is 1. The molecule has 0 radical (unpaired) electrons. The van der Waals surface area contributed by atoms with Gasteiger partial charge in [-0.15, -0.1) is 0 Å². The van der Waals surface area contributed by atoms with E-state index < -0.39 is 10.0 Å². The predicted octanol–water partition coefficient (Wildman–Crippen LogP) is 2.22. The topological polar surface area (TPSA) is 72.2 Å². The van der Waals surface area contributed by atoms with Gasteiger partial charge in [-0.2, -0.15) is 0 Å². The molecule has 5 heteroatoms. The number of benzene rings is 1. The second-order valence-electron chi connectivity index (χ2n) is 5.46. The summed E-state index contributed by atoms with van der Waals surface area (Å²) >= 11 is 0. The van der Waals surface area contributed by atoms with Crippen LogP contribution in [0.3, 0.4) is 0 Å². The molecule has 3 N–H and O–H groups in total. The third kappa shape index (κ3) is 3.28. The molecule has 0 aromatic heterocycles. The maximum Gasteiger partial charge on any atom is 0.229 e. The Kier molecular flexibility index (Phi) is 4.16. The van der Waals surface area contributed by atoms with E-state index in [1.54, 1.807) is 0 Å². The summed E-state index contributed by atoms with van der Waals surface area (Å²) in [5, 5.41) is 0. The molecule has 0 spiro atoms. The van der Waals surface area contributed by atoms with Gasteiger partial charge in [0.1, 0.15) is 0 Å². The number of para-hydroxylation sites is 1. The second kappa shape index (κ2) is 5.51. The fourth-order valence-corrected chi connectivity index (χ4v) is 3.62.